The van der Waals surface area contributed by atoms with Crippen LogP contribution in [0.3, 0.4) is 0 Å². The first kappa shape index (κ1) is 16.9. The van der Waals surface area contributed by atoms with Gasteiger partial charge in [0.25, 0.3) is 0 Å². The molecule has 6 heteroatoms. The first-order valence-electron chi connectivity index (χ1n) is 7.08. The summed E-state index contributed by atoms with van der Waals surface area (Å²) in [7, 11) is 0. The van der Waals surface area contributed by atoms with Gasteiger partial charge in [0.1, 0.15) is 6.04 Å². The molecule has 2 aromatic rings. The molecule has 3 nitrogen and oxygen atoms in total. The predicted octanol–water partition coefficient (Wildman–Crippen LogP) is 4.16. The van der Waals surface area contributed by atoms with E-state index < -0.39 is 35.1 Å². The van der Waals surface area contributed by atoms with Crippen LogP contribution >= 0.6 is 0 Å². The van der Waals surface area contributed by atoms with Crippen molar-refractivity contribution in [1.82, 2.24) is 0 Å². The number of nitrogens with one attached hydrogen (secondary N) is 2. The van der Waals surface area contributed by atoms with E-state index in [0.717, 1.165) is 28.9 Å². The van der Waals surface area contributed by atoms with Gasteiger partial charge >= 0.3 is 0 Å². The van der Waals surface area contributed by atoms with E-state index in [9.17, 15) is 18.0 Å². The Morgan fingerprint density at radius 1 is 1.00 bits per heavy atom. The van der Waals surface area contributed by atoms with Gasteiger partial charge in [0.2, 0.25) is 5.91 Å². The Morgan fingerprint density at radius 2 is 1.70 bits per heavy atom. The molecule has 2 aromatic carbocycles. The van der Waals surface area contributed by atoms with E-state index in [1.54, 1.807) is 6.92 Å². The third kappa shape index (κ3) is 3.64. The lowest BCUT2D eigenvalue weighted by molar-refractivity contribution is -0.116. The highest BCUT2D eigenvalue weighted by Crippen LogP contribution is 2.21. The lowest BCUT2D eigenvalue weighted by atomic mass is 10.1. The van der Waals surface area contributed by atoms with Gasteiger partial charge < -0.3 is 10.6 Å². The van der Waals surface area contributed by atoms with Crippen LogP contribution in [0, 0.1) is 31.3 Å². The minimum absolute atomic E-state index is 0.400. The van der Waals surface area contributed by atoms with Crippen LogP contribution in [-0.4, -0.2) is 11.9 Å². The van der Waals surface area contributed by atoms with Crippen LogP contribution in [0.4, 0.5) is 24.5 Å². The summed E-state index contributed by atoms with van der Waals surface area (Å²) < 4.78 is 39.6. The Labute approximate surface area is 132 Å². The van der Waals surface area contributed by atoms with Gasteiger partial charge in [-0.3, -0.25) is 4.79 Å². The highest BCUT2D eigenvalue weighted by atomic mass is 19.2. The van der Waals surface area contributed by atoms with Gasteiger partial charge in [-0.2, -0.15) is 0 Å². The summed E-state index contributed by atoms with van der Waals surface area (Å²) in [6, 6.07) is 6.67. The number of hydrogen-bond donors (Lipinski definition) is 2. The number of halogens is 3. The summed E-state index contributed by atoms with van der Waals surface area (Å²) in [5.41, 5.74) is 2.43. The number of rotatable bonds is 4. The summed E-state index contributed by atoms with van der Waals surface area (Å²) in [5, 5.41) is 5.26. The molecule has 0 fully saturated rings. The maximum Gasteiger partial charge on any atom is 0.246 e. The molecule has 0 aliphatic carbocycles. The molecule has 0 aliphatic rings. The van der Waals surface area contributed by atoms with Crippen molar-refractivity contribution in [2.24, 2.45) is 0 Å². The fourth-order valence-corrected chi connectivity index (χ4v) is 2.07. The predicted molar refractivity (Wildman–Crippen MR) is 83.9 cm³/mol. The summed E-state index contributed by atoms with van der Waals surface area (Å²) in [6.07, 6.45) is 0. The molecule has 0 bridgehead atoms. The molecule has 1 atom stereocenters. The van der Waals surface area contributed by atoms with Crippen LogP contribution in [0.1, 0.15) is 18.1 Å². The van der Waals surface area contributed by atoms with Crippen molar-refractivity contribution in [1.29, 1.82) is 0 Å². The molecular weight excluding hydrogens is 305 g/mol. The average molecular weight is 322 g/mol. The number of hydrogen-bond acceptors (Lipinski definition) is 2. The minimum Gasteiger partial charge on any atom is -0.374 e. The second-order valence-corrected chi connectivity index (χ2v) is 5.33. The summed E-state index contributed by atoms with van der Waals surface area (Å²) in [4.78, 5) is 12.1. The molecule has 0 aromatic heterocycles. The molecule has 2 N–H and O–H groups in total. The van der Waals surface area contributed by atoms with E-state index in [1.165, 1.54) is 0 Å². The van der Waals surface area contributed by atoms with E-state index in [0.29, 0.717) is 0 Å². The Bertz CT molecular complexity index is 747. The number of anilines is 2. The van der Waals surface area contributed by atoms with Crippen LogP contribution in [-0.2, 0) is 4.79 Å². The van der Waals surface area contributed by atoms with Crippen molar-refractivity contribution in [2.75, 3.05) is 10.6 Å². The zero-order valence-electron chi connectivity index (χ0n) is 13.0. The second kappa shape index (κ2) is 6.73. The smallest absolute Gasteiger partial charge is 0.246 e. The maximum absolute atomic E-state index is 13.6. The average Bonchev–Trinajstić information content (AvgIpc) is 2.52. The molecule has 0 saturated carbocycles. The lowest BCUT2D eigenvalue weighted by Gasteiger charge is -2.18. The molecule has 23 heavy (non-hydrogen) atoms. The van der Waals surface area contributed by atoms with Crippen molar-refractivity contribution >= 4 is 17.3 Å². The highest BCUT2D eigenvalue weighted by molar-refractivity contribution is 5.96. The number of aryl methyl sites for hydroxylation is 1. The number of amides is 1. The lowest BCUT2D eigenvalue weighted by Crippen LogP contribution is -2.32. The van der Waals surface area contributed by atoms with Gasteiger partial charge in [0.15, 0.2) is 17.5 Å². The highest BCUT2D eigenvalue weighted by Gasteiger charge is 2.19. The summed E-state index contributed by atoms with van der Waals surface area (Å²) in [6.45, 7) is 5.45. The monoisotopic (exact) mass is 322 g/mol. The molecule has 2 rings (SSSR count). The van der Waals surface area contributed by atoms with Crippen LogP contribution in [0.2, 0.25) is 0 Å². The van der Waals surface area contributed by atoms with Crippen molar-refractivity contribution in [3.8, 4) is 0 Å². The number of benzene rings is 2. The fourth-order valence-electron chi connectivity index (χ4n) is 2.07. The minimum atomic E-state index is -1.61. The topological polar surface area (TPSA) is 41.1 Å². The largest absolute Gasteiger partial charge is 0.374 e. The standard InChI is InChI=1S/C17H17F3N2O/c1-9-5-4-6-13(10(9)2)21-11(3)17(23)22-14-8-7-12(18)15(19)16(14)20/h4-8,11,21H,1-3H3,(H,22,23)/t11-/m0/s1. The molecule has 0 radical (unpaired) electrons. The molecule has 0 aliphatic heterocycles. The van der Waals surface area contributed by atoms with Crippen LogP contribution < -0.4 is 10.6 Å². The fraction of sp³-hybridized carbons (Fsp3) is 0.235. The van der Waals surface area contributed by atoms with Crippen molar-refractivity contribution < 1.29 is 18.0 Å². The van der Waals surface area contributed by atoms with Crippen molar-refractivity contribution in [3.63, 3.8) is 0 Å². The molecule has 0 spiro atoms. The van der Waals surface area contributed by atoms with Crippen LogP contribution in [0.15, 0.2) is 30.3 Å². The van der Waals surface area contributed by atoms with Crippen LogP contribution in [0.5, 0.6) is 0 Å². The SMILES string of the molecule is Cc1cccc(N[C@@H](C)C(=O)Nc2ccc(F)c(F)c2F)c1C. The zero-order valence-corrected chi connectivity index (χ0v) is 13.0. The van der Waals surface area contributed by atoms with Gasteiger partial charge in [0, 0.05) is 5.69 Å². The quantitative estimate of drug-likeness (QED) is 0.830. The van der Waals surface area contributed by atoms with Gasteiger partial charge in [-0.05, 0) is 50.1 Å². The van der Waals surface area contributed by atoms with Gasteiger partial charge in [-0.15, -0.1) is 0 Å². The maximum atomic E-state index is 13.6. The molecule has 1 amide bonds. The Hall–Kier alpha value is -2.50. The van der Waals surface area contributed by atoms with Gasteiger partial charge in [0.05, 0.1) is 5.69 Å². The van der Waals surface area contributed by atoms with Crippen molar-refractivity contribution in [2.45, 2.75) is 26.8 Å². The molecule has 0 unspecified atom stereocenters. The Kier molecular flexibility index (Phi) is 4.93. The van der Waals surface area contributed by atoms with E-state index in [2.05, 4.69) is 10.6 Å². The molecular formula is C17H17F3N2O. The molecule has 0 heterocycles. The van der Waals surface area contributed by atoms with Crippen LogP contribution in [0.25, 0.3) is 0 Å². The third-order valence-corrected chi connectivity index (χ3v) is 3.66. The summed E-state index contributed by atoms with van der Waals surface area (Å²) >= 11 is 0. The van der Waals surface area contributed by atoms with Crippen molar-refractivity contribution in [3.05, 3.63) is 58.9 Å². The number of carbonyl (C=O) groups excluding carboxylic acids is 1. The number of carbonyl (C=O) groups is 1. The first-order chi connectivity index (χ1) is 10.8. The van der Waals surface area contributed by atoms with Gasteiger partial charge in [-0.25, -0.2) is 13.2 Å². The van der Waals surface area contributed by atoms with E-state index in [1.807, 2.05) is 32.0 Å². The third-order valence-electron chi connectivity index (χ3n) is 3.66. The normalized spacial score (nSPS) is 11.9. The Morgan fingerprint density at radius 3 is 2.39 bits per heavy atom. The zero-order chi connectivity index (χ0) is 17.1. The van der Waals surface area contributed by atoms with E-state index >= 15 is 0 Å². The van der Waals surface area contributed by atoms with E-state index in [-0.39, 0.29) is 0 Å². The molecule has 0 saturated heterocycles. The second-order valence-electron chi connectivity index (χ2n) is 5.33. The van der Waals surface area contributed by atoms with Gasteiger partial charge in [-0.1, -0.05) is 12.1 Å². The summed E-state index contributed by atoms with van der Waals surface area (Å²) in [5.74, 6) is -4.90. The Balaban J connectivity index is 2.12. The van der Waals surface area contributed by atoms with E-state index in [4.69, 9.17) is 0 Å². The molecule has 122 valence electrons. The first-order valence-corrected chi connectivity index (χ1v) is 7.08.